The summed E-state index contributed by atoms with van der Waals surface area (Å²) in [6.07, 6.45) is -0.296. The van der Waals surface area contributed by atoms with Crippen molar-refractivity contribution in [3.8, 4) is 0 Å². The van der Waals surface area contributed by atoms with E-state index in [1.165, 1.54) is 0 Å². The number of carboxylic acid groups (broad SMARTS) is 1. The molecule has 1 aliphatic carbocycles. The summed E-state index contributed by atoms with van der Waals surface area (Å²) in [5.41, 5.74) is -1.64. The Bertz CT molecular complexity index is 445. The van der Waals surface area contributed by atoms with E-state index in [0.717, 1.165) is 5.56 Å². The molecule has 0 aliphatic heterocycles. The van der Waals surface area contributed by atoms with Crippen molar-refractivity contribution in [1.29, 1.82) is 0 Å². The molecule has 0 amide bonds. The van der Waals surface area contributed by atoms with E-state index in [9.17, 15) is 14.0 Å². The molecule has 4 nitrogen and oxygen atoms in total. The van der Waals surface area contributed by atoms with Crippen molar-refractivity contribution in [3.63, 3.8) is 0 Å². The normalized spacial score (nSPS) is 26.3. The van der Waals surface area contributed by atoms with E-state index in [-0.39, 0.29) is 13.0 Å². The third-order valence-electron chi connectivity index (χ3n) is 2.76. The Morgan fingerprint density at radius 2 is 2.06 bits per heavy atom. The minimum Gasteiger partial charge on any atom is -0.479 e. The average molecular weight is 238 g/mol. The lowest BCUT2D eigenvalue weighted by atomic mass is 10.2. The summed E-state index contributed by atoms with van der Waals surface area (Å²) in [7, 11) is 0. The number of carbonyl (C=O) groups is 2. The third-order valence-corrected chi connectivity index (χ3v) is 2.76. The molecule has 0 heterocycles. The van der Waals surface area contributed by atoms with Crippen LogP contribution in [0.3, 0.4) is 0 Å². The van der Waals surface area contributed by atoms with E-state index in [0.29, 0.717) is 0 Å². The average Bonchev–Trinajstić information content (AvgIpc) is 3.02. The number of alkyl halides is 1. The number of benzene rings is 1. The summed E-state index contributed by atoms with van der Waals surface area (Å²) >= 11 is 0. The highest BCUT2D eigenvalue weighted by molar-refractivity contribution is 5.92. The number of halogens is 1. The first-order valence-electron chi connectivity index (χ1n) is 5.17. The molecule has 0 radical (unpaired) electrons. The zero-order valence-electron chi connectivity index (χ0n) is 8.93. The summed E-state index contributed by atoms with van der Waals surface area (Å²) < 4.78 is 18.2. The molecule has 1 fully saturated rings. The number of ether oxygens (including phenoxy) is 1. The van der Waals surface area contributed by atoms with Crippen molar-refractivity contribution in [2.75, 3.05) is 0 Å². The molecule has 1 aromatic carbocycles. The van der Waals surface area contributed by atoms with E-state index < -0.39 is 23.5 Å². The summed E-state index contributed by atoms with van der Waals surface area (Å²) in [4.78, 5) is 21.9. The first kappa shape index (κ1) is 11.6. The van der Waals surface area contributed by atoms with Crippen molar-refractivity contribution in [3.05, 3.63) is 35.9 Å². The van der Waals surface area contributed by atoms with Crippen molar-refractivity contribution < 1.29 is 23.8 Å². The summed E-state index contributed by atoms with van der Waals surface area (Å²) in [5.74, 6) is -3.55. The van der Waals surface area contributed by atoms with Crippen LogP contribution in [-0.4, -0.2) is 22.7 Å². The van der Waals surface area contributed by atoms with Gasteiger partial charge in [0.2, 0.25) is 5.67 Å². The number of hydrogen-bond donors (Lipinski definition) is 1. The molecular weight excluding hydrogens is 227 g/mol. The second-order valence-electron chi connectivity index (χ2n) is 4.02. The molecule has 0 spiro atoms. The lowest BCUT2D eigenvalue weighted by molar-refractivity contribution is -0.153. The SMILES string of the molecule is O=C(OCc1ccccc1)C1CC1(F)C(=O)O. The van der Waals surface area contributed by atoms with Crippen LogP contribution in [0, 0.1) is 5.92 Å². The van der Waals surface area contributed by atoms with Crippen LogP contribution in [-0.2, 0) is 20.9 Å². The van der Waals surface area contributed by atoms with Gasteiger partial charge in [-0.3, -0.25) is 4.79 Å². The smallest absolute Gasteiger partial charge is 0.342 e. The number of rotatable bonds is 4. The Hall–Kier alpha value is -1.91. The maximum absolute atomic E-state index is 13.4. The second kappa shape index (κ2) is 4.16. The van der Waals surface area contributed by atoms with E-state index in [2.05, 4.69) is 0 Å². The highest BCUT2D eigenvalue weighted by atomic mass is 19.1. The Morgan fingerprint density at radius 3 is 2.59 bits per heavy atom. The van der Waals surface area contributed by atoms with Gasteiger partial charge in [-0.15, -0.1) is 0 Å². The molecule has 1 aliphatic rings. The van der Waals surface area contributed by atoms with Crippen molar-refractivity contribution in [1.82, 2.24) is 0 Å². The maximum Gasteiger partial charge on any atom is 0.342 e. The molecule has 2 atom stereocenters. The van der Waals surface area contributed by atoms with Gasteiger partial charge < -0.3 is 9.84 Å². The zero-order chi connectivity index (χ0) is 12.5. The molecule has 1 aromatic rings. The predicted octanol–water partition coefficient (Wildman–Crippen LogP) is 1.54. The first-order valence-corrected chi connectivity index (χ1v) is 5.17. The van der Waals surface area contributed by atoms with E-state index in [1.807, 2.05) is 6.07 Å². The Morgan fingerprint density at radius 1 is 1.41 bits per heavy atom. The van der Waals surface area contributed by atoms with Crippen molar-refractivity contribution >= 4 is 11.9 Å². The van der Waals surface area contributed by atoms with Crippen LogP contribution in [0.2, 0.25) is 0 Å². The first-order chi connectivity index (χ1) is 8.04. The van der Waals surface area contributed by atoms with Crippen LogP contribution in [0.5, 0.6) is 0 Å². The highest BCUT2D eigenvalue weighted by Gasteiger charge is 2.66. The number of carbonyl (C=O) groups excluding carboxylic acids is 1. The van der Waals surface area contributed by atoms with Gasteiger partial charge in [-0.25, -0.2) is 9.18 Å². The predicted molar refractivity (Wildman–Crippen MR) is 55.8 cm³/mol. The van der Waals surface area contributed by atoms with Crippen LogP contribution in [0.4, 0.5) is 4.39 Å². The van der Waals surface area contributed by atoms with Crippen LogP contribution >= 0.6 is 0 Å². The molecule has 2 rings (SSSR count). The van der Waals surface area contributed by atoms with Gasteiger partial charge in [0.1, 0.15) is 12.5 Å². The molecule has 0 bridgehead atoms. The van der Waals surface area contributed by atoms with Crippen molar-refractivity contribution in [2.45, 2.75) is 18.7 Å². The number of hydrogen-bond acceptors (Lipinski definition) is 3. The molecule has 17 heavy (non-hydrogen) atoms. The fraction of sp³-hybridized carbons (Fsp3) is 0.333. The Balaban J connectivity index is 1.86. The monoisotopic (exact) mass is 238 g/mol. The van der Waals surface area contributed by atoms with Gasteiger partial charge >= 0.3 is 11.9 Å². The summed E-state index contributed by atoms with van der Waals surface area (Å²) in [5, 5.41) is 8.53. The van der Waals surface area contributed by atoms with Crippen molar-refractivity contribution in [2.24, 2.45) is 5.92 Å². The molecule has 90 valence electrons. The largest absolute Gasteiger partial charge is 0.479 e. The van der Waals surface area contributed by atoms with Gasteiger partial charge in [-0.2, -0.15) is 0 Å². The number of esters is 1. The van der Waals surface area contributed by atoms with Gasteiger partial charge in [0.25, 0.3) is 0 Å². The lowest BCUT2D eigenvalue weighted by Crippen LogP contribution is -2.23. The van der Waals surface area contributed by atoms with Crippen LogP contribution < -0.4 is 0 Å². The number of carboxylic acids is 1. The fourth-order valence-electron chi connectivity index (χ4n) is 1.57. The highest BCUT2D eigenvalue weighted by Crippen LogP contribution is 2.48. The Kier molecular flexibility index (Phi) is 2.83. The van der Waals surface area contributed by atoms with Gasteiger partial charge in [-0.05, 0) is 5.56 Å². The maximum atomic E-state index is 13.4. The quantitative estimate of drug-likeness (QED) is 0.808. The second-order valence-corrected chi connectivity index (χ2v) is 4.02. The van der Waals surface area contributed by atoms with Gasteiger partial charge in [-0.1, -0.05) is 30.3 Å². The molecule has 1 saturated carbocycles. The van der Waals surface area contributed by atoms with Crippen LogP contribution in [0.25, 0.3) is 0 Å². The third kappa shape index (κ3) is 2.27. The summed E-state index contributed by atoms with van der Waals surface area (Å²) in [6.45, 7) is 0.0336. The summed E-state index contributed by atoms with van der Waals surface area (Å²) in [6, 6.07) is 8.93. The molecule has 2 unspecified atom stereocenters. The fourth-order valence-corrected chi connectivity index (χ4v) is 1.57. The standard InChI is InChI=1S/C12H11FO4/c13-12(11(15)16)6-9(12)10(14)17-7-8-4-2-1-3-5-8/h1-5,9H,6-7H2,(H,15,16). The molecule has 1 N–H and O–H groups in total. The Labute approximate surface area is 97.0 Å². The minimum atomic E-state index is -2.42. The lowest BCUT2D eigenvalue weighted by Gasteiger charge is -2.05. The van der Waals surface area contributed by atoms with Crippen LogP contribution in [0.1, 0.15) is 12.0 Å². The van der Waals surface area contributed by atoms with Crippen LogP contribution in [0.15, 0.2) is 30.3 Å². The van der Waals surface area contributed by atoms with E-state index in [1.54, 1.807) is 24.3 Å². The molecule has 5 heteroatoms. The van der Waals surface area contributed by atoms with E-state index in [4.69, 9.17) is 9.84 Å². The minimum absolute atomic E-state index is 0.0336. The topological polar surface area (TPSA) is 63.6 Å². The molecule has 0 aromatic heterocycles. The molecule has 0 saturated heterocycles. The van der Waals surface area contributed by atoms with Gasteiger partial charge in [0, 0.05) is 6.42 Å². The van der Waals surface area contributed by atoms with Gasteiger partial charge in [0.15, 0.2) is 0 Å². The zero-order valence-corrected chi connectivity index (χ0v) is 8.93. The molecular formula is C12H11FO4. The van der Waals surface area contributed by atoms with Gasteiger partial charge in [0.05, 0.1) is 0 Å². The van der Waals surface area contributed by atoms with E-state index >= 15 is 0 Å². The number of aliphatic carboxylic acids is 1.